The lowest BCUT2D eigenvalue weighted by Crippen LogP contribution is -2.23. The molecule has 0 spiro atoms. The third kappa shape index (κ3) is 4.50. The van der Waals surface area contributed by atoms with Crippen molar-refractivity contribution in [2.75, 3.05) is 26.1 Å². The van der Waals surface area contributed by atoms with Crippen LogP contribution in [-0.4, -0.2) is 20.8 Å². The van der Waals surface area contributed by atoms with Gasteiger partial charge in [0.2, 0.25) is 0 Å². The summed E-state index contributed by atoms with van der Waals surface area (Å²) in [6, 6.07) is 5.73. The Morgan fingerprint density at radius 1 is 1.25 bits per heavy atom. The number of hydrogen-bond acceptors (Lipinski definition) is 4. The largest absolute Gasteiger partial charge is 0.495 e. The van der Waals surface area contributed by atoms with E-state index >= 15 is 0 Å². The van der Waals surface area contributed by atoms with Crippen molar-refractivity contribution in [3.8, 4) is 17.6 Å². The number of halogens is 1. The molecule has 0 fully saturated rings. The van der Waals surface area contributed by atoms with Crippen molar-refractivity contribution in [2.45, 2.75) is 26.7 Å². The number of benzene rings is 1. The molecule has 0 aliphatic rings. The van der Waals surface area contributed by atoms with Crippen molar-refractivity contribution in [1.29, 1.82) is 5.26 Å². The highest BCUT2D eigenvalue weighted by atomic mass is 35.5. The van der Waals surface area contributed by atoms with E-state index in [9.17, 15) is 0 Å². The van der Waals surface area contributed by atoms with Crippen molar-refractivity contribution in [2.24, 2.45) is 5.41 Å². The second-order valence-corrected chi connectivity index (χ2v) is 5.77. The van der Waals surface area contributed by atoms with Gasteiger partial charge in [-0.05, 0) is 11.8 Å². The van der Waals surface area contributed by atoms with Gasteiger partial charge >= 0.3 is 0 Å². The summed E-state index contributed by atoms with van der Waals surface area (Å²) in [5, 5.41) is 12.5. The van der Waals surface area contributed by atoms with E-state index in [1.54, 1.807) is 20.3 Å². The lowest BCUT2D eigenvalue weighted by molar-refractivity contribution is 0.361. The van der Waals surface area contributed by atoms with E-state index in [0.29, 0.717) is 22.9 Å². The smallest absolute Gasteiger partial charge is 0.143 e. The zero-order valence-corrected chi connectivity index (χ0v) is 13.2. The molecule has 0 atom stereocenters. The van der Waals surface area contributed by atoms with Crippen LogP contribution in [0.15, 0.2) is 12.1 Å². The Balaban J connectivity index is 2.84. The molecule has 1 N–H and O–H groups in total. The lowest BCUT2D eigenvalue weighted by Gasteiger charge is -2.25. The maximum absolute atomic E-state index is 8.67. The van der Waals surface area contributed by atoms with Crippen LogP contribution in [0, 0.1) is 16.7 Å². The summed E-state index contributed by atoms with van der Waals surface area (Å²) in [5.41, 5.74) is 0.854. The van der Waals surface area contributed by atoms with Crippen LogP contribution in [-0.2, 0) is 0 Å². The summed E-state index contributed by atoms with van der Waals surface area (Å²) >= 11 is 6.07. The van der Waals surface area contributed by atoms with Gasteiger partial charge in [0.1, 0.15) is 11.5 Å². The van der Waals surface area contributed by atoms with Crippen LogP contribution in [0.5, 0.6) is 11.5 Å². The molecule has 1 aromatic rings. The number of hydrogen-bond donors (Lipinski definition) is 1. The fraction of sp³-hybridized carbons (Fsp3) is 0.533. The monoisotopic (exact) mass is 296 g/mol. The van der Waals surface area contributed by atoms with Crippen LogP contribution in [0.25, 0.3) is 0 Å². The minimum atomic E-state index is 0.0214. The van der Waals surface area contributed by atoms with Crippen LogP contribution in [0.3, 0.4) is 0 Å². The number of anilines is 1. The Morgan fingerprint density at radius 2 is 1.90 bits per heavy atom. The summed E-state index contributed by atoms with van der Waals surface area (Å²) in [7, 11) is 3.18. The number of nitrogens with one attached hydrogen (secondary N) is 1. The Morgan fingerprint density at radius 3 is 2.45 bits per heavy atom. The average Bonchev–Trinajstić information content (AvgIpc) is 2.43. The molecular formula is C15H21ClN2O2. The second kappa shape index (κ2) is 7.25. The van der Waals surface area contributed by atoms with Gasteiger partial charge in [-0.15, -0.1) is 0 Å². The van der Waals surface area contributed by atoms with Gasteiger partial charge in [0, 0.05) is 25.1 Å². The highest BCUT2D eigenvalue weighted by molar-refractivity contribution is 6.32. The van der Waals surface area contributed by atoms with E-state index in [1.165, 1.54) is 0 Å². The summed E-state index contributed by atoms with van der Waals surface area (Å²) in [6.45, 7) is 4.98. The molecule has 110 valence electrons. The molecule has 0 radical (unpaired) electrons. The van der Waals surface area contributed by atoms with E-state index < -0.39 is 0 Å². The standard InChI is InChI=1S/C15H21ClN2O2/c1-15(2,6-5-7-17)10-18-12-9-13(19-3)11(16)8-14(12)20-4/h8-9,18H,5-6,10H2,1-4H3. The fourth-order valence-electron chi connectivity index (χ4n) is 1.82. The number of nitrogens with zero attached hydrogens (tertiary/aromatic N) is 1. The molecule has 1 rings (SSSR count). The molecule has 20 heavy (non-hydrogen) atoms. The van der Waals surface area contributed by atoms with E-state index in [2.05, 4.69) is 25.2 Å². The third-order valence-electron chi connectivity index (χ3n) is 3.14. The van der Waals surface area contributed by atoms with Gasteiger partial charge in [-0.2, -0.15) is 5.26 Å². The minimum absolute atomic E-state index is 0.0214. The van der Waals surface area contributed by atoms with Crippen molar-refractivity contribution in [1.82, 2.24) is 0 Å². The molecular weight excluding hydrogens is 276 g/mol. The number of ether oxygens (including phenoxy) is 2. The quantitative estimate of drug-likeness (QED) is 0.823. The zero-order valence-electron chi connectivity index (χ0n) is 12.4. The molecule has 0 saturated heterocycles. The average molecular weight is 297 g/mol. The molecule has 0 aromatic heterocycles. The molecule has 0 bridgehead atoms. The molecule has 0 aliphatic carbocycles. The van der Waals surface area contributed by atoms with Crippen LogP contribution in [0.4, 0.5) is 5.69 Å². The van der Waals surface area contributed by atoms with E-state index in [0.717, 1.165) is 18.7 Å². The Labute approximate surface area is 125 Å². The van der Waals surface area contributed by atoms with E-state index in [-0.39, 0.29) is 5.41 Å². The molecule has 0 saturated carbocycles. The first-order valence-electron chi connectivity index (χ1n) is 6.46. The number of methoxy groups -OCH3 is 2. The molecule has 0 amide bonds. The van der Waals surface area contributed by atoms with Crippen LogP contribution in [0.1, 0.15) is 26.7 Å². The summed E-state index contributed by atoms with van der Waals surface area (Å²) in [5.74, 6) is 1.27. The van der Waals surface area contributed by atoms with Crippen molar-refractivity contribution in [3.05, 3.63) is 17.2 Å². The molecule has 4 nitrogen and oxygen atoms in total. The summed E-state index contributed by atoms with van der Waals surface area (Å²) < 4.78 is 10.5. The minimum Gasteiger partial charge on any atom is -0.495 e. The third-order valence-corrected chi connectivity index (χ3v) is 3.44. The van der Waals surface area contributed by atoms with Gasteiger partial charge in [0.25, 0.3) is 0 Å². The molecule has 1 aromatic carbocycles. The Bertz CT molecular complexity index is 495. The summed E-state index contributed by atoms with van der Waals surface area (Å²) in [6.07, 6.45) is 1.39. The number of nitriles is 1. The Hall–Kier alpha value is -1.60. The van der Waals surface area contributed by atoms with Crippen LogP contribution < -0.4 is 14.8 Å². The van der Waals surface area contributed by atoms with Gasteiger partial charge in [0.15, 0.2) is 0 Å². The van der Waals surface area contributed by atoms with Gasteiger partial charge in [-0.1, -0.05) is 25.4 Å². The molecule has 0 unspecified atom stereocenters. The fourth-order valence-corrected chi connectivity index (χ4v) is 2.05. The highest BCUT2D eigenvalue weighted by Gasteiger charge is 2.18. The van der Waals surface area contributed by atoms with Gasteiger partial charge in [-0.3, -0.25) is 0 Å². The van der Waals surface area contributed by atoms with Gasteiger partial charge < -0.3 is 14.8 Å². The zero-order chi connectivity index (χ0) is 15.2. The van der Waals surface area contributed by atoms with Gasteiger partial charge in [0.05, 0.1) is 31.0 Å². The lowest BCUT2D eigenvalue weighted by atomic mass is 9.88. The van der Waals surface area contributed by atoms with E-state index in [1.807, 2.05) is 6.07 Å². The normalized spacial score (nSPS) is 10.8. The van der Waals surface area contributed by atoms with Crippen LogP contribution in [0.2, 0.25) is 5.02 Å². The SMILES string of the molecule is COc1cc(NCC(C)(C)CCC#N)c(OC)cc1Cl. The molecule has 0 heterocycles. The van der Waals surface area contributed by atoms with Gasteiger partial charge in [-0.25, -0.2) is 0 Å². The highest BCUT2D eigenvalue weighted by Crippen LogP contribution is 2.36. The topological polar surface area (TPSA) is 54.3 Å². The first-order chi connectivity index (χ1) is 9.43. The maximum Gasteiger partial charge on any atom is 0.143 e. The number of rotatable bonds is 7. The van der Waals surface area contributed by atoms with Crippen LogP contribution >= 0.6 is 11.6 Å². The molecule has 0 aliphatic heterocycles. The predicted molar refractivity (Wildman–Crippen MR) is 81.7 cm³/mol. The maximum atomic E-state index is 8.67. The first-order valence-corrected chi connectivity index (χ1v) is 6.83. The second-order valence-electron chi connectivity index (χ2n) is 5.36. The predicted octanol–water partition coefficient (Wildman–Crippen LogP) is 4.10. The van der Waals surface area contributed by atoms with E-state index in [4.69, 9.17) is 26.3 Å². The summed E-state index contributed by atoms with van der Waals surface area (Å²) in [4.78, 5) is 0. The van der Waals surface area contributed by atoms with Crippen molar-refractivity contribution in [3.63, 3.8) is 0 Å². The van der Waals surface area contributed by atoms with Crippen molar-refractivity contribution < 1.29 is 9.47 Å². The Kier molecular flexibility index (Phi) is 5.97. The van der Waals surface area contributed by atoms with Crippen molar-refractivity contribution >= 4 is 17.3 Å². The first kappa shape index (κ1) is 16.5. The molecule has 5 heteroatoms.